The molecule has 4 aromatic carbocycles. The number of aliphatic imine (C=N–C) groups is 2. The molecule has 0 bridgehead atoms. The van der Waals surface area contributed by atoms with Crippen molar-refractivity contribution in [1.29, 1.82) is 0 Å². The van der Waals surface area contributed by atoms with Crippen molar-refractivity contribution in [2.45, 2.75) is 25.9 Å². The van der Waals surface area contributed by atoms with E-state index in [1.165, 1.54) is 0 Å². The summed E-state index contributed by atoms with van der Waals surface area (Å²) < 4.78 is 0. The zero-order valence-corrected chi connectivity index (χ0v) is 27.5. The van der Waals surface area contributed by atoms with Gasteiger partial charge in [0.05, 0.1) is 21.2 Å². The van der Waals surface area contributed by atoms with Crippen LogP contribution in [-0.2, 0) is 26.4 Å². The first kappa shape index (κ1) is 40.4. The van der Waals surface area contributed by atoms with Crippen molar-refractivity contribution in [3.8, 4) is 11.5 Å². The number of hydrogen-bond acceptors (Lipinski definition) is 16. The summed E-state index contributed by atoms with van der Waals surface area (Å²) in [4.78, 5) is 51.0. The number of nitro benzene ring substituents is 2. The Labute approximate surface area is 298 Å². The van der Waals surface area contributed by atoms with Gasteiger partial charge in [0.1, 0.15) is 22.9 Å². The van der Waals surface area contributed by atoms with E-state index < -0.39 is 45.3 Å². The van der Waals surface area contributed by atoms with Crippen molar-refractivity contribution < 1.29 is 56.6 Å². The maximum atomic E-state index is 12.1. The molecule has 2 N–H and O–H groups in total. The molecule has 0 saturated carbocycles. The van der Waals surface area contributed by atoms with Crippen LogP contribution in [0.25, 0.3) is 0 Å². The molecule has 0 aliphatic carbocycles. The molecule has 4 rings (SSSR count). The van der Waals surface area contributed by atoms with Gasteiger partial charge in [-0.2, -0.15) is 20.5 Å². The summed E-state index contributed by atoms with van der Waals surface area (Å²) in [5.74, 6) is -3.59. The van der Waals surface area contributed by atoms with E-state index >= 15 is 0 Å². The number of rotatable bonds is 12. The van der Waals surface area contributed by atoms with Crippen molar-refractivity contribution >= 4 is 57.5 Å². The van der Waals surface area contributed by atoms with Crippen LogP contribution in [0.1, 0.15) is 13.8 Å². The summed E-state index contributed by atoms with van der Waals surface area (Å²) in [6.07, 6.45) is 0. The van der Waals surface area contributed by atoms with Gasteiger partial charge in [0.15, 0.2) is 23.7 Å². The van der Waals surface area contributed by atoms with E-state index in [1.807, 2.05) is 0 Å². The number of phenols is 2. The first-order valence-corrected chi connectivity index (χ1v) is 14.2. The first-order chi connectivity index (χ1) is 23.8. The largest absolute Gasteiger partial charge is 2.00 e. The van der Waals surface area contributed by atoms with Crippen LogP contribution >= 0.6 is 0 Å². The number of hydrogen-bond donors (Lipinski definition) is 2. The number of para-hydroxylation sites is 2. The Kier molecular flexibility index (Phi) is 15.3. The number of non-ortho nitro benzene ring substituents is 2. The van der Waals surface area contributed by atoms with Gasteiger partial charge < -0.3 is 20.4 Å². The summed E-state index contributed by atoms with van der Waals surface area (Å²) in [6.45, 7) is 2.30. The molecule has 2 unspecified atom stereocenters. The fraction of sp³-hybridized carbons (Fsp3) is 0.125. The Morgan fingerprint density at radius 3 is 1.24 bits per heavy atom. The molecule has 0 fully saturated rings. The molecule has 263 valence electrons. The molecule has 0 aromatic heterocycles. The van der Waals surface area contributed by atoms with Gasteiger partial charge in [-0.25, -0.2) is 0 Å². The molecule has 1 radical (unpaired) electrons. The van der Waals surface area contributed by atoms with Gasteiger partial charge in [0, 0.05) is 24.3 Å². The van der Waals surface area contributed by atoms with Gasteiger partial charge in [0.2, 0.25) is 0 Å². The van der Waals surface area contributed by atoms with Crippen molar-refractivity contribution in [1.82, 2.24) is 0 Å². The van der Waals surface area contributed by atoms with E-state index in [0.717, 1.165) is 50.2 Å². The maximum absolute atomic E-state index is 12.1. The van der Waals surface area contributed by atoms with Crippen molar-refractivity contribution in [3.63, 3.8) is 0 Å². The van der Waals surface area contributed by atoms with Crippen molar-refractivity contribution in [2.75, 3.05) is 0 Å². The molecule has 0 heterocycles. The second-order valence-corrected chi connectivity index (χ2v) is 9.89. The molecular formula is C32H26CoN8O10. The predicted molar refractivity (Wildman–Crippen MR) is 175 cm³/mol. The third kappa shape index (κ3) is 12.3. The Hall–Kier alpha value is -6.73. The first-order valence-electron chi connectivity index (χ1n) is 14.2. The van der Waals surface area contributed by atoms with Gasteiger partial charge in [-0.15, -0.1) is 0 Å². The summed E-state index contributed by atoms with van der Waals surface area (Å²) in [5.41, 5.74) is -0.377. The molecule has 19 heteroatoms. The fourth-order valence-corrected chi connectivity index (χ4v) is 3.64. The summed E-state index contributed by atoms with van der Waals surface area (Å²) in [5, 5.41) is 79.5. The smallest absolute Gasteiger partial charge is 0.860 e. The van der Waals surface area contributed by atoms with Crippen LogP contribution in [0.3, 0.4) is 0 Å². The molecule has 0 spiro atoms. The Bertz CT molecular complexity index is 1850. The van der Waals surface area contributed by atoms with Gasteiger partial charge in [-0.05, 0) is 62.0 Å². The molecule has 0 aliphatic heterocycles. The van der Waals surface area contributed by atoms with E-state index in [2.05, 4.69) is 30.4 Å². The molecule has 0 aliphatic rings. The second kappa shape index (κ2) is 19.3. The molecule has 18 nitrogen and oxygen atoms in total. The summed E-state index contributed by atoms with van der Waals surface area (Å²) in [7, 11) is 0. The van der Waals surface area contributed by atoms with Crippen LogP contribution in [0, 0.1) is 20.2 Å². The van der Waals surface area contributed by atoms with Crippen LogP contribution < -0.4 is 10.2 Å². The van der Waals surface area contributed by atoms with Gasteiger partial charge in [-0.1, -0.05) is 36.4 Å². The van der Waals surface area contributed by atoms with Gasteiger partial charge >= 0.3 is 16.8 Å². The fourth-order valence-electron chi connectivity index (χ4n) is 3.64. The van der Waals surface area contributed by atoms with Crippen LogP contribution in [0.4, 0.5) is 34.1 Å². The topological polar surface area (TPSA) is 281 Å². The number of phenolic OH excluding ortho intramolecular Hbond substituents is 2. The van der Waals surface area contributed by atoms with E-state index in [1.54, 1.807) is 60.7 Å². The van der Waals surface area contributed by atoms with E-state index in [-0.39, 0.29) is 51.0 Å². The SMILES string of the molecule is CC(=O)C(N=Nc1cc([N+](=O)[O-])ccc1O)C([O-])=Nc1ccccc1.CC(=O)C(N=Nc1cc([N+](=O)[O-])ccc1O)C([O-])=Nc1ccccc1.[Co+2]. The standard InChI is InChI=1S/2C16H14N4O5.Co/c2*1-10(21)15(16(23)17-11-5-3-2-4-6-11)19-18-13-9-12(20(24)25)7-8-14(13)22;/h2*2-9,15,22H,1H3,(H,17,23);/q;;+2/p-2. The van der Waals surface area contributed by atoms with E-state index in [0.29, 0.717) is 11.4 Å². The minimum atomic E-state index is -1.50. The molecule has 2 atom stereocenters. The Morgan fingerprint density at radius 2 is 0.941 bits per heavy atom. The van der Waals surface area contributed by atoms with E-state index in [9.17, 15) is 50.2 Å². The number of ketones is 2. The number of benzene rings is 4. The molecule has 0 saturated heterocycles. The number of azo groups is 2. The number of carbonyl (C=O) groups is 2. The van der Waals surface area contributed by atoms with Crippen molar-refractivity contribution in [2.24, 2.45) is 30.4 Å². The molecule has 51 heavy (non-hydrogen) atoms. The number of nitrogens with zero attached hydrogens (tertiary/aromatic N) is 8. The van der Waals surface area contributed by atoms with Crippen LogP contribution in [0.5, 0.6) is 11.5 Å². The predicted octanol–water partition coefficient (Wildman–Crippen LogP) is 4.86. The maximum Gasteiger partial charge on any atom is 2.00 e. The third-order valence-electron chi connectivity index (χ3n) is 6.13. The second-order valence-electron chi connectivity index (χ2n) is 9.89. The molecule has 4 aromatic rings. The summed E-state index contributed by atoms with van der Waals surface area (Å²) >= 11 is 0. The molecule has 0 amide bonds. The minimum Gasteiger partial charge on any atom is -0.860 e. The summed E-state index contributed by atoms with van der Waals surface area (Å²) in [6, 6.07) is 19.8. The average molecular weight is 742 g/mol. The third-order valence-corrected chi connectivity index (χ3v) is 6.13. The van der Waals surface area contributed by atoms with Gasteiger partial charge in [-0.3, -0.25) is 39.8 Å². The van der Waals surface area contributed by atoms with Gasteiger partial charge in [0.25, 0.3) is 11.4 Å². The Balaban J connectivity index is 0.000000347. The number of carbonyl (C=O) groups excluding carboxylic acids is 2. The normalized spacial score (nSPS) is 12.7. The zero-order chi connectivity index (χ0) is 36.8. The van der Waals surface area contributed by atoms with Crippen LogP contribution in [0.15, 0.2) is 128 Å². The average Bonchev–Trinajstić information content (AvgIpc) is 3.07. The number of Topliss-reactive ketones (excluding diaryl/α,β-unsaturated/α-hetero) is 2. The minimum absolute atomic E-state index is 0. The van der Waals surface area contributed by atoms with Crippen molar-refractivity contribution in [3.05, 3.63) is 117 Å². The van der Waals surface area contributed by atoms with E-state index in [4.69, 9.17) is 0 Å². The number of nitro groups is 2. The monoisotopic (exact) mass is 741 g/mol. The van der Waals surface area contributed by atoms with Crippen LogP contribution in [0.2, 0.25) is 0 Å². The Morgan fingerprint density at radius 1 is 0.608 bits per heavy atom. The number of aromatic hydroxyl groups is 2. The molecular weight excluding hydrogens is 715 g/mol. The quantitative estimate of drug-likeness (QED) is 0.0653. The zero-order valence-electron chi connectivity index (χ0n) is 26.5. The van der Waals surface area contributed by atoms with Crippen LogP contribution in [-0.4, -0.2) is 55.5 Å².